The fourth-order valence-electron chi connectivity index (χ4n) is 0.615. The highest BCUT2D eigenvalue weighted by Crippen LogP contribution is 2.07. The van der Waals surface area contributed by atoms with Crippen molar-refractivity contribution in [1.29, 1.82) is 0 Å². The van der Waals surface area contributed by atoms with Gasteiger partial charge >= 0.3 is 7.12 Å². The number of halogens is 2. The van der Waals surface area contributed by atoms with Crippen molar-refractivity contribution in [2.75, 3.05) is 0 Å². The van der Waals surface area contributed by atoms with Crippen molar-refractivity contribution in [2.24, 2.45) is 0 Å². The zero-order chi connectivity index (χ0) is 8.43. The van der Waals surface area contributed by atoms with Gasteiger partial charge in [-0.25, -0.2) is 4.98 Å². The molecule has 1 rings (SSSR count). The molecule has 0 saturated heterocycles. The summed E-state index contributed by atoms with van der Waals surface area (Å²) < 4.78 is 0. The van der Waals surface area contributed by atoms with Gasteiger partial charge in [-0.3, -0.25) is 0 Å². The van der Waals surface area contributed by atoms with Crippen molar-refractivity contribution >= 4 is 35.8 Å². The van der Waals surface area contributed by atoms with Gasteiger partial charge in [0.15, 0.2) is 0 Å². The largest absolute Gasteiger partial charge is 0.491 e. The lowest BCUT2D eigenvalue weighted by molar-refractivity contribution is 0.425. The minimum absolute atomic E-state index is 0.00694. The number of nitrogens with zero attached hydrogens (tertiary/aromatic N) is 1. The molecular formula is C5H4BCl2NO2. The predicted octanol–water partition coefficient (Wildman–Crippen LogP) is 0.0682. The summed E-state index contributed by atoms with van der Waals surface area (Å²) in [5.41, 5.74) is 0.149. The monoisotopic (exact) mass is 191 g/mol. The molecule has 0 aliphatic carbocycles. The standard InChI is InChI=1S/C5H4BCl2NO2/c7-4-2-1-3(6(10)11)5(8)9-4/h1-2,10-11H. The molecule has 1 aromatic rings. The Labute approximate surface area is 73.7 Å². The first-order valence-corrected chi connectivity index (χ1v) is 3.55. The molecule has 0 unspecified atom stereocenters. The van der Waals surface area contributed by atoms with Crippen molar-refractivity contribution in [3.8, 4) is 0 Å². The number of hydrogen-bond donors (Lipinski definition) is 2. The van der Waals surface area contributed by atoms with Crippen LogP contribution in [-0.4, -0.2) is 22.2 Å². The van der Waals surface area contributed by atoms with Crippen LogP contribution < -0.4 is 5.46 Å². The van der Waals surface area contributed by atoms with E-state index in [0.717, 1.165) is 0 Å². The number of rotatable bonds is 1. The van der Waals surface area contributed by atoms with Gasteiger partial charge in [0, 0.05) is 5.46 Å². The van der Waals surface area contributed by atoms with Gasteiger partial charge in [-0.05, 0) is 6.07 Å². The molecule has 0 saturated carbocycles. The molecule has 0 aliphatic heterocycles. The summed E-state index contributed by atoms with van der Waals surface area (Å²) in [5, 5.41) is 17.6. The van der Waals surface area contributed by atoms with Gasteiger partial charge in [-0.2, -0.15) is 0 Å². The maximum Gasteiger partial charge on any atom is 0.491 e. The van der Waals surface area contributed by atoms with E-state index in [9.17, 15) is 0 Å². The van der Waals surface area contributed by atoms with Gasteiger partial charge in [0.1, 0.15) is 10.3 Å². The van der Waals surface area contributed by atoms with E-state index in [4.69, 9.17) is 33.2 Å². The summed E-state index contributed by atoms with van der Waals surface area (Å²) in [6.07, 6.45) is 0. The maximum absolute atomic E-state index is 8.68. The van der Waals surface area contributed by atoms with E-state index in [1.165, 1.54) is 12.1 Å². The average molecular weight is 192 g/mol. The molecule has 0 aliphatic rings. The summed E-state index contributed by atoms with van der Waals surface area (Å²) in [7, 11) is -1.60. The lowest BCUT2D eigenvalue weighted by atomic mass is 9.82. The van der Waals surface area contributed by atoms with Crippen LogP contribution in [0.1, 0.15) is 0 Å². The average Bonchev–Trinajstić information content (AvgIpc) is 1.85. The first-order valence-electron chi connectivity index (χ1n) is 2.79. The normalized spacial score (nSPS) is 9.82. The second-order valence-electron chi connectivity index (χ2n) is 1.89. The van der Waals surface area contributed by atoms with Crippen LogP contribution in [0.5, 0.6) is 0 Å². The summed E-state index contributed by atoms with van der Waals surface area (Å²) in [4.78, 5) is 3.61. The van der Waals surface area contributed by atoms with E-state index < -0.39 is 7.12 Å². The van der Waals surface area contributed by atoms with Gasteiger partial charge in [0.05, 0.1) is 0 Å². The second-order valence-corrected chi connectivity index (χ2v) is 2.63. The van der Waals surface area contributed by atoms with Crippen LogP contribution in [0.15, 0.2) is 12.1 Å². The number of hydrogen-bond acceptors (Lipinski definition) is 3. The second kappa shape index (κ2) is 3.41. The predicted molar refractivity (Wildman–Crippen MR) is 44.1 cm³/mol. The topological polar surface area (TPSA) is 53.4 Å². The third kappa shape index (κ3) is 2.07. The first-order chi connectivity index (χ1) is 5.11. The van der Waals surface area contributed by atoms with Gasteiger partial charge < -0.3 is 10.0 Å². The Hall–Kier alpha value is -0.285. The molecule has 0 spiro atoms. The lowest BCUT2D eigenvalue weighted by Crippen LogP contribution is -2.31. The van der Waals surface area contributed by atoms with E-state index >= 15 is 0 Å². The van der Waals surface area contributed by atoms with E-state index in [0.29, 0.717) is 0 Å². The SMILES string of the molecule is OB(O)c1ccc(Cl)nc1Cl. The fourth-order valence-corrected chi connectivity index (χ4v) is 1.06. The molecule has 58 valence electrons. The molecule has 11 heavy (non-hydrogen) atoms. The van der Waals surface area contributed by atoms with Crippen molar-refractivity contribution in [1.82, 2.24) is 4.98 Å². The fraction of sp³-hybridized carbons (Fsp3) is 0. The molecule has 1 aromatic heterocycles. The molecule has 0 bridgehead atoms. The zero-order valence-electron chi connectivity index (χ0n) is 5.33. The quantitative estimate of drug-likeness (QED) is 0.488. The Balaban J connectivity index is 3.09. The maximum atomic E-state index is 8.68. The third-order valence-electron chi connectivity index (χ3n) is 1.12. The highest BCUT2D eigenvalue weighted by molar-refractivity contribution is 6.62. The molecule has 0 aromatic carbocycles. The number of pyridine rings is 1. The summed E-state index contributed by atoms with van der Waals surface area (Å²) >= 11 is 11.0. The summed E-state index contributed by atoms with van der Waals surface area (Å²) in [5.74, 6) is 0. The smallest absolute Gasteiger partial charge is 0.423 e. The molecule has 6 heteroatoms. The van der Waals surface area contributed by atoms with Gasteiger partial charge in [-0.15, -0.1) is 0 Å². The zero-order valence-corrected chi connectivity index (χ0v) is 6.84. The Morgan fingerprint density at radius 3 is 2.36 bits per heavy atom. The highest BCUT2D eigenvalue weighted by atomic mass is 35.5. The van der Waals surface area contributed by atoms with Crippen LogP contribution in [0, 0.1) is 0 Å². The van der Waals surface area contributed by atoms with E-state index in [-0.39, 0.29) is 15.8 Å². The Bertz CT molecular complexity index is 269. The number of aromatic nitrogens is 1. The van der Waals surface area contributed by atoms with Crippen LogP contribution in [0.2, 0.25) is 10.3 Å². The highest BCUT2D eigenvalue weighted by Gasteiger charge is 2.15. The van der Waals surface area contributed by atoms with Gasteiger partial charge in [0.2, 0.25) is 0 Å². The van der Waals surface area contributed by atoms with E-state index in [1.54, 1.807) is 0 Å². The van der Waals surface area contributed by atoms with Crippen LogP contribution in [0.25, 0.3) is 0 Å². The minimum atomic E-state index is -1.60. The molecule has 0 fully saturated rings. The molecule has 0 atom stereocenters. The molecule has 3 nitrogen and oxygen atoms in total. The minimum Gasteiger partial charge on any atom is -0.423 e. The van der Waals surface area contributed by atoms with Crippen molar-refractivity contribution < 1.29 is 10.0 Å². The lowest BCUT2D eigenvalue weighted by Gasteiger charge is -2.00. The van der Waals surface area contributed by atoms with Crippen LogP contribution in [0.3, 0.4) is 0 Å². The van der Waals surface area contributed by atoms with Crippen LogP contribution in [0.4, 0.5) is 0 Å². The Morgan fingerprint density at radius 2 is 1.91 bits per heavy atom. The summed E-state index contributed by atoms with van der Waals surface area (Å²) in [6.45, 7) is 0. The van der Waals surface area contributed by atoms with Crippen molar-refractivity contribution in [2.45, 2.75) is 0 Å². The van der Waals surface area contributed by atoms with E-state index in [2.05, 4.69) is 4.98 Å². The Morgan fingerprint density at radius 1 is 1.27 bits per heavy atom. The van der Waals surface area contributed by atoms with Crippen molar-refractivity contribution in [3.05, 3.63) is 22.4 Å². The molecule has 2 N–H and O–H groups in total. The third-order valence-corrected chi connectivity index (χ3v) is 1.64. The van der Waals surface area contributed by atoms with E-state index in [1.807, 2.05) is 0 Å². The molecule has 0 amide bonds. The first kappa shape index (κ1) is 8.81. The van der Waals surface area contributed by atoms with Crippen molar-refractivity contribution in [3.63, 3.8) is 0 Å². The molecular weight excluding hydrogens is 188 g/mol. The van der Waals surface area contributed by atoms with Gasteiger partial charge in [-0.1, -0.05) is 29.3 Å². The van der Waals surface area contributed by atoms with Gasteiger partial charge in [0.25, 0.3) is 0 Å². The summed E-state index contributed by atoms with van der Waals surface area (Å²) in [6, 6.07) is 2.84. The van der Waals surface area contributed by atoms with Crippen LogP contribution in [-0.2, 0) is 0 Å². The molecule has 0 radical (unpaired) electrons. The Kier molecular flexibility index (Phi) is 2.73. The van der Waals surface area contributed by atoms with Crippen LogP contribution >= 0.6 is 23.2 Å². The molecule has 1 heterocycles.